The van der Waals surface area contributed by atoms with Crippen LogP contribution < -0.4 is 10.6 Å². The van der Waals surface area contributed by atoms with Crippen LogP contribution in [-0.4, -0.2) is 43.3 Å². The summed E-state index contributed by atoms with van der Waals surface area (Å²) in [4.78, 5) is 24.9. The second-order valence-corrected chi connectivity index (χ2v) is 4.80. The van der Waals surface area contributed by atoms with Gasteiger partial charge in [0.2, 0.25) is 5.91 Å². The Morgan fingerprint density at radius 3 is 2.90 bits per heavy atom. The Morgan fingerprint density at radius 2 is 2.25 bits per heavy atom. The number of aryl methyl sites for hydroxylation is 1. The van der Waals surface area contributed by atoms with Crippen LogP contribution in [0, 0.1) is 0 Å². The molecule has 1 aromatic carbocycles. The highest BCUT2D eigenvalue weighted by atomic mass is 16.5. The van der Waals surface area contributed by atoms with E-state index in [1.807, 2.05) is 0 Å². The molecule has 1 aromatic rings. The van der Waals surface area contributed by atoms with E-state index in [1.165, 1.54) is 13.2 Å². The zero-order valence-electron chi connectivity index (χ0n) is 11.3. The number of nitrogens with zero attached hydrogens (tertiary/aromatic N) is 1. The van der Waals surface area contributed by atoms with Crippen LogP contribution in [0.1, 0.15) is 22.3 Å². The van der Waals surface area contributed by atoms with E-state index in [4.69, 9.17) is 15.6 Å². The lowest BCUT2D eigenvalue weighted by molar-refractivity contribution is -0.121. The number of carboxylic acid groups (broad SMARTS) is 1. The lowest BCUT2D eigenvalue weighted by atomic mass is 9.98. The van der Waals surface area contributed by atoms with E-state index in [1.54, 1.807) is 17.0 Å². The number of aromatic carboxylic acids is 1. The van der Waals surface area contributed by atoms with Gasteiger partial charge in [0, 0.05) is 19.3 Å². The van der Waals surface area contributed by atoms with Crippen molar-refractivity contribution in [3.8, 4) is 0 Å². The SMILES string of the molecule is COCC(N)C(=O)N1CCCc2cc(C(=O)O)ccc21. The van der Waals surface area contributed by atoms with Gasteiger partial charge in [0.05, 0.1) is 12.2 Å². The Labute approximate surface area is 117 Å². The smallest absolute Gasteiger partial charge is 0.335 e. The molecular formula is C14H18N2O4. The van der Waals surface area contributed by atoms with Crippen molar-refractivity contribution in [3.63, 3.8) is 0 Å². The van der Waals surface area contributed by atoms with Gasteiger partial charge in [-0.2, -0.15) is 0 Å². The standard InChI is InChI=1S/C14H18N2O4/c1-20-8-11(15)13(17)16-6-2-3-9-7-10(14(18)19)4-5-12(9)16/h4-5,7,11H,2-3,6,8,15H2,1H3,(H,18,19). The number of rotatable bonds is 4. The highest BCUT2D eigenvalue weighted by molar-refractivity contribution is 5.99. The van der Waals surface area contributed by atoms with Gasteiger partial charge in [-0.25, -0.2) is 4.79 Å². The third kappa shape index (κ3) is 2.81. The second kappa shape index (κ2) is 6.02. The number of amides is 1. The minimum absolute atomic E-state index is 0.165. The number of anilines is 1. The van der Waals surface area contributed by atoms with Crippen molar-refractivity contribution in [1.29, 1.82) is 0 Å². The summed E-state index contributed by atoms with van der Waals surface area (Å²) >= 11 is 0. The van der Waals surface area contributed by atoms with Gasteiger partial charge in [-0.3, -0.25) is 4.79 Å². The maximum atomic E-state index is 12.3. The summed E-state index contributed by atoms with van der Waals surface area (Å²) in [7, 11) is 1.50. The molecule has 6 heteroatoms. The molecule has 6 nitrogen and oxygen atoms in total. The lowest BCUT2D eigenvalue weighted by Gasteiger charge is -2.31. The molecule has 2 rings (SSSR count). The van der Waals surface area contributed by atoms with Gasteiger partial charge in [0.1, 0.15) is 6.04 Å². The van der Waals surface area contributed by atoms with Gasteiger partial charge in [-0.05, 0) is 36.6 Å². The fourth-order valence-corrected chi connectivity index (χ4v) is 2.41. The number of fused-ring (bicyclic) bond motifs is 1. The van der Waals surface area contributed by atoms with Gasteiger partial charge in [0.15, 0.2) is 0 Å². The van der Waals surface area contributed by atoms with Crippen LogP contribution in [0.5, 0.6) is 0 Å². The molecule has 20 heavy (non-hydrogen) atoms. The fraction of sp³-hybridized carbons (Fsp3) is 0.429. The zero-order valence-corrected chi connectivity index (χ0v) is 11.3. The number of benzene rings is 1. The third-order valence-corrected chi connectivity index (χ3v) is 3.37. The van der Waals surface area contributed by atoms with Gasteiger partial charge < -0.3 is 20.5 Å². The molecule has 0 bridgehead atoms. The Bertz CT molecular complexity index is 530. The minimum Gasteiger partial charge on any atom is -0.478 e. The van der Waals surface area contributed by atoms with Gasteiger partial charge >= 0.3 is 5.97 Å². The molecule has 0 aliphatic carbocycles. The number of ether oxygens (including phenoxy) is 1. The van der Waals surface area contributed by atoms with Crippen LogP contribution in [-0.2, 0) is 16.0 Å². The number of carboxylic acids is 1. The van der Waals surface area contributed by atoms with Crippen LogP contribution in [0.25, 0.3) is 0 Å². The summed E-state index contributed by atoms with van der Waals surface area (Å²) in [5.41, 5.74) is 7.64. The van der Waals surface area contributed by atoms with Crippen LogP contribution in [0.15, 0.2) is 18.2 Å². The topological polar surface area (TPSA) is 92.9 Å². The molecule has 1 unspecified atom stereocenters. The molecular weight excluding hydrogens is 260 g/mol. The number of carbonyl (C=O) groups is 2. The van der Waals surface area contributed by atoms with Gasteiger partial charge in [0.25, 0.3) is 0 Å². The molecule has 0 spiro atoms. The molecule has 0 aromatic heterocycles. The third-order valence-electron chi connectivity index (χ3n) is 3.37. The van der Waals surface area contributed by atoms with E-state index in [0.29, 0.717) is 6.54 Å². The van der Waals surface area contributed by atoms with Gasteiger partial charge in [-0.1, -0.05) is 0 Å². The van der Waals surface area contributed by atoms with Gasteiger partial charge in [-0.15, -0.1) is 0 Å². The highest BCUT2D eigenvalue weighted by Gasteiger charge is 2.27. The van der Waals surface area contributed by atoms with Crippen molar-refractivity contribution >= 4 is 17.6 Å². The quantitative estimate of drug-likeness (QED) is 0.843. The Balaban J connectivity index is 2.28. The number of carbonyl (C=O) groups excluding carboxylic acids is 1. The minimum atomic E-state index is -0.965. The number of hydrogen-bond acceptors (Lipinski definition) is 4. The van der Waals surface area contributed by atoms with E-state index >= 15 is 0 Å². The number of hydrogen-bond donors (Lipinski definition) is 2. The number of nitrogens with two attached hydrogens (primary N) is 1. The van der Waals surface area contributed by atoms with Crippen LogP contribution >= 0.6 is 0 Å². The van der Waals surface area contributed by atoms with Crippen molar-refractivity contribution in [2.45, 2.75) is 18.9 Å². The largest absolute Gasteiger partial charge is 0.478 e. The number of methoxy groups -OCH3 is 1. The first-order valence-electron chi connectivity index (χ1n) is 6.46. The first-order valence-corrected chi connectivity index (χ1v) is 6.46. The van der Waals surface area contributed by atoms with Crippen LogP contribution in [0.2, 0.25) is 0 Å². The second-order valence-electron chi connectivity index (χ2n) is 4.80. The average Bonchev–Trinajstić information content (AvgIpc) is 2.45. The molecule has 1 aliphatic heterocycles. The maximum absolute atomic E-state index is 12.3. The molecule has 3 N–H and O–H groups in total. The van der Waals surface area contributed by atoms with Crippen LogP contribution in [0.4, 0.5) is 5.69 Å². The Hall–Kier alpha value is -1.92. The molecule has 0 radical (unpaired) electrons. The van der Waals surface area contributed by atoms with Crippen molar-refractivity contribution in [2.75, 3.05) is 25.2 Å². The van der Waals surface area contributed by atoms with E-state index in [0.717, 1.165) is 24.1 Å². The van der Waals surface area contributed by atoms with Crippen molar-refractivity contribution in [3.05, 3.63) is 29.3 Å². The van der Waals surface area contributed by atoms with E-state index in [9.17, 15) is 9.59 Å². The molecule has 1 heterocycles. The summed E-state index contributed by atoms with van der Waals surface area (Å²) in [5, 5.41) is 9.00. The molecule has 0 saturated heterocycles. The van der Waals surface area contributed by atoms with E-state index < -0.39 is 12.0 Å². The normalized spacial score (nSPS) is 15.6. The van der Waals surface area contributed by atoms with E-state index in [-0.39, 0.29) is 18.1 Å². The predicted molar refractivity (Wildman–Crippen MR) is 73.9 cm³/mol. The Kier molecular flexibility index (Phi) is 4.36. The lowest BCUT2D eigenvalue weighted by Crippen LogP contribution is -2.48. The molecule has 0 saturated carbocycles. The summed E-state index contributed by atoms with van der Waals surface area (Å²) in [5.74, 6) is -1.16. The average molecular weight is 278 g/mol. The monoisotopic (exact) mass is 278 g/mol. The summed E-state index contributed by atoms with van der Waals surface area (Å²) in [6.07, 6.45) is 1.56. The van der Waals surface area contributed by atoms with Crippen molar-refractivity contribution in [2.24, 2.45) is 5.73 Å². The molecule has 0 fully saturated rings. The molecule has 1 atom stereocenters. The van der Waals surface area contributed by atoms with Crippen molar-refractivity contribution in [1.82, 2.24) is 0 Å². The molecule has 1 amide bonds. The highest BCUT2D eigenvalue weighted by Crippen LogP contribution is 2.28. The Morgan fingerprint density at radius 1 is 1.50 bits per heavy atom. The first-order chi connectivity index (χ1) is 9.54. The predicted octanol–water partition coefficient (Wildman–Crippen LogP) is 0.638. The van der Waals surface area contributed by atoms with Crippen LogP contribution in [0.3, 0.4) is 0 Å². The summed E-state index contributed by atoms with van der Waals surface area (Å²) < 4.78 is 4.90. The maximum Gasteiger partial charge on any atom is 0.335 e. The first kappa shape index (κ1) is 14.5. The molecule has 108 valence electrons. The molecule has 1 aliphatic rings. The van der Waals surface area contributed by atoms with E-state index in [2.05, 4.69) is 0 Å². The fourth-order valence-electron chi connectivity index (χ4n) is 2.41. The zero-order chi connectivity index (χ0) is 14.7. The van der Waals surface area contributed by atoms with Crippen molar-refractivity contribution < 1.29 is 19.4 Å². The summed E-state index contributed by atoms with van der Waals surface area (Å²) in [6.45, 7) is 0.757. The summed E-state index contributed by atoms with van der Waals surface area (Å²) in [6, 6.07) is 4.10.